The van der Waals surface area contributed by atoms with Crippen LogP contribution in [0, 0.1) is 17.8 Å². The number of amides is 3. The number of imide groups is 1. The number of rotatable bonds is 8. The molecule has 1 N–H and O–H groups in total. The van der Waals surface area contributed by atoms with E-state index in [1.165, 1.54) is 5.56 Å². The zero-order chi connectivity index (χ0) is 19.6. The second-order valence-electron chi connectivity index (χ2n) is 8.37. The van der Waals surface area contributed by atoms with E-state index in [-0.39, 0.29) is 17.9 Å². The van der Waals surface area contributed by atoms with Gasteiger partial charge in [0.15, 0.2) is 0 Å². The van der Waals surface area contributed by atoms with Crippen LogP contribution in [-0.2, 0) is 11.2 Å². The summed E-state index contributed by atoms with van der Waals surface area (Å²) in [6.45, 7) is 7.91. The van der Waals surface area contributed by atoms with Gasteiger partial charge in [-0.25, -0.2) is 4.79 Å². The Bertz CT molecular complexity index is 577. The highest BCUT2D eigenvalue weighted by Gasteiger charge is 2.26. The third kappa shape index (κ3) is 7.36. The Balaban J connectivity index is 1.77. The Hall–Kier alpha value is -1.84. The number of piperidine rings is 1. The number of likely N-dealkylation sites (tertiary alicyclic amines) is 1. The van der Waals surface area contributed by atoms with Gasteiger partial charge in [-0.15, -0.1) is 0 Å². The number of nitrogens with one attached hydrogen (secondary N) is 1. The lowest BCUT2D eigenvalue weighted by Crippen LogP contribution is -2.48. The molecule has 2 rings (SSSR count). The van der Waals surface area contributed by atoms with E-state index in [2.05, 4.69) is 50.4 Å². The summed E-state index contributed by atoms with van der Waals surface area (Å²) in [6, 6.07) is 10.3. The van der Waals surface area contributed by atoms with Crippen LogP contribution in [0.15, 0.2) is 30.3 Å². The molecule has 27 heavy (non-hydrogen) atoms. The fourth-order valence-electron chi connectivity index (χ4n) is 3.86. The van der Waals surface area contributed by atoms with Gasteiger partial charge in [-0.2, -0.15) is 0 Å². The number of carbonyl (C=O) groups excluding carboxylic acids is 2. The fraction of sp³-hybridized carbons (Fsp3) is 0.652. The summed E-state index contributed by atoms with van der Waals surface area (Å²) in [7, 11) is 0. The van der Waals surface area contributed by atoms with Gasteiger partial charge in [0.1, 0.15) is 0 Å². The van der Waals surface area contributed by atoms with E-state index in [4.69, 9.17) is 0 Å². The number of urea groups is 1. The minimum Gasteiger partial charge on any atom is -0.324 e. The van der Waals surface area contributed by atoms with Crippen molar-refractivity contribution in [3.8, 4) is 0 Å². The molecule has 1 saturated heterocycles. The smallest absolute Gasteiger partial charge is 0.324 e. The van der Waals surface area contributed by atoms with Crippen molar-refractivity contribution in [1.29, 1.82) is 0 Å². The summed E-state index contributed by atoms with van der Waals surface area (Å²) >= 11 is 0. The van der Waals surface area contributed by atoms with Crippen LogP contribution in [0.2, 0.25) is 0 Å². The van der Waals surface area contributed by atoms with E-state index < -0.39 is 0 Å². The summed E-state index contributed by atoms with van der Waals surface area (Å²) in [5, 5.41) is 2.67. The first-order valence-corrected chi connectivity index (χ1v) is 10.6. The summed E-state index contributed by atoms with van der Waals surface area (Å²) in [6.07, 6.45) is 6.79. The lowest BCUT2D eigenvalue weighted by atomic mass is 9.90. The highest BCUT2D eigenvalue weighted by Crippen LogP contribution is 2.22. The molecule has 0 spiro atoms. The van der Waals surface area contributed by atoms with E-state index in [1.54, 1.807) is 0 Å². The van der Waals surface area contributed by atoms with Gasteiger partial charge < -0.3 is 4.90 Å². The zero-order valence-electron chi connectivity index (χ0n) is 17.2. The highest BCUT2D eigenvalue weighted by molar-refractivity contribution is 5.95. The van der Waals surface area contributed by atoms with Gasteiger partial charge >= 0.3 is 6.03 Å². The van der Waals surface area contributed by atoms with Crippen LogP contribution >= 0.6 is 0 Å². The van der Waals surface area contributed by atoms with E-state index in [9.17, 15) is 9.59 Å². The van der Waals surface area contributed by atoms with Gasteiger partial charge in [0.05, 0.1) is 0 Å². The topological polar surface area (TPSA) is 49.4 Å². The summed E-state index contributed by atoms with van der Waals surface area (Å²) in [5.41, 5.74) is 1.36. The van der Waals surface area contributed by atoms with Crippen molar-refractivity contribution in [2.24, 2.45) is 17.8 Å². The molecule has 1 aliphatic heterocycles. The molecule has 4 heteroatoms. The first kappa shape index (κ1) is 21.5. The first-order chi connectivity index (χ1) is 13.0. The van der Waals surface area contributed by atoms with Crippen molar-refractivity contribution >= 4 is 11.9 Å². The zero-order valence-corrected chi connectivity index (χ0v) is 17.2. The molecule has 0 radical (unpaired) electrons. The van der Waals surface area contributed by atoms with Crippen molar-refractivity contribution in [3.63, 3.8) is 0 Å². The number of nitrogens with zero attached hydrogens (tertiary/aromatic N) is 1. The third-order valence-corrected chi connectivity index (χ3v) is 5.60. The van der Waals surface area contributed by atoms with Crippen molar-refractivity contribution in [3.05, 3.63) is 35.9 Å². The van der Waals surface area contributed by atoms with Gasteiger partial charge in [0.2, 0.25) is 5.91 Å². The van der Waals surface area contributed by atoms with Gasteiger partial charge in [-0.05, 0) is 49.5 Å². The first-order valence-electron chi connectivity index (χ1n) is 10.6. The quantitative estimate of drug-likeness (QED) is 0.696. The maximum Gasteiger partial charge on any atom is 0.324 e. The number of benzene rings is 1. The molecular formula is C23H36N2O2. The second kappa shape index (κ2) is 11.1. The Labute approximate surface area is 164 Å². The number of hydrogen-bond acceptors (Lipinski definition) is 2. The molecule has 1 aliphatic rings. The van der Waals surface area contributed by atoms with E-state index >= 15 is 0 Å². The molecule has 4 nitrogen and oxygen atoms in total. The van der Waals surface area contributed by atoms with Gasteiger partial charge in [0, 0.05) is 19.0 Å². The Morgan fingerprint density at radius 3 is 2.33 bits per heavy atom. The predicted octanol–water partition coefficient (Wildman–Crippen LogP) is 5.03. The molecule has 3 amide bonds. The van der Waals surface area contributed by atoms with Crippen molar-refractivity contribution < 1.29 is 9.59 Å². The average molecular weight is 373 g/mol. The Morgan fingerprint density at radius 1 is 1.07 bits per heavy atom. The number of carbonyl (C=O) groups is 2. The monoisotopic (exact) mass is 372 g/mol. The third-order valence-electron chi connectivity index (χ3n) is 5.60. The van der Waals surface area contributed by atoms with Crippen LogP contribution < -0.4 is 5.32 Å². The van der Waals surface area contributed by atoms with Crippen LogP contribution in [0.1, 0.15) is 64.9 Å². The minimum absolute atomic E-state index is 0.0445. The van der Waals surface area contributed by atoms with Crippen LogP contribution in [-0.4, -0.2) is 29.9 Å². The van der Waals surface area contributed by atoms with Gasteiger partial charge in [-0.1, -0.05) is 63.9 Å². The molecule has 1 aromatic carbocycles. The van der Waals surface area contributed by atoms with Gasteiger partial charge in [-0.3, -0.25) is 10.1 Å². The molecule has 1 heterocycles. The predicted molar refractivity (Wildman–Crippen MR) is 110 cm³/mol. The maximum atomic E-state index is 12.5. The fourth-order valence-corrected chi connectivity index (χ4v) is 3.86. The normalized spacial score (nSPS) is 16.4. The summed E-state index contributed by atoms with van der Waals surface area (Å²) < 4.78 is 0. The molecule has 1 atom stereocenters. The molecule has 0 bridgehead atoms. The van der Waals surface area contributed by atoms with Crippen LogP contribution in [0.3, 0.4) is 0 Å². The van der Waals surface area contributed by atoms with Crippen LogP contribution in [0.4, 0.5) is 4.79 Å². The lowest BCUT2D eigenvalue weighted by Gasteiger charge is -2.32. The largest absolute Gasteiger partial charge is 0.324 e. The molecule has 1 aromatic rings. The number of hydrogen-bond donors (Lipinski definition) is 1. The molecule has 0 unspecified atom stereocenters. The average Bonchev–Trinajstić information content (AvgIpc) is 2.66. The Morgan fingerprint density at radius 2 is 1.74 bits per heavy atom. The molecule has 0 saturated carbocycles. The van der Waals surface area contributed by atoms with Crippen molar-refractivity contribution in [2.75, 3.05) is 13.1 Å². The van der Waals surface area contributed by atoms with Crippen molar-refractivity contribution in [2.45, 2.75) is 65.7 Å². The van der Waals surface area contributed by atoms with Gasteiger partial charge in [0.25, 0.3) is 0 Å². The minimum atomic E-state index is -0.205. The SMILES string of the molecule is CCC[C@@H](CCC(C)C)C(=O)NC(=O)N1CCC(Cc2ccccc2)CC1. The molecule has 150 valence electrons. The highest BCUT2D eigenvalue weighted by atomic mass is 16.2. The maximum absolute atomic E-state index is 12.5. The van der Waals surface area contributed by atoms with Crippen LogP contribution in [0.5, 0.6) is 0 Å². The van der Waals surface area contributed by atoms with E-state index in [0.29, 0.717) is 11.8 Å². The van der Waals surface area contributed by atoms with Crippen LogP contribution in [0.25, 0.3) is 0 Å². The molecule has 0 aliphatic carbocycles. The second-order valence-corrected chi connectivity index (χ2v) is 8.37. The van der Waals surface area contributed by atoms with E-state index in [1.807, 2.05) is 11.0 Å². The van der Waals surface area contributed by atoms with E-state index in [0.717, 1.165) is 58.0 Å². The lowest BCUT2D eigenvalue weighted by molar-refractivity contribution is -0.124. The molecular weight excluding hydrogens is 336 g/mol. The molecule has 0 aromatic heterocycles. The summed E-state index contributed by atoms with van der Waals surface area (Å²) in [5.74, 6) is 1.06. The van der Waals surface area contributed by atoms with Crippen molar-refractivity contribution in [1.82, 2.24) is 10.2 Å². The Kier molecular flexibility index (Phi) is 8.83. The standard InChI is InChI=1S/C23H36N2O2/c1-4-8-21(12-11-18(2)3)22(26)24-23(27)25-15-13-20(14-16-25)17-19-9-6-5-7-10-19/h5-7,9-10,18,20-21H,4,8,11-17H2,1-3H3,(H,24,26,27)/t21-/m0/s1. The molecule has 1 fully saturated rings. The summed E-state index contributed by atoms with van der Waals surface area (Å²) in [4.78, 5) is 26.9.